The number of aliphatic hydroxyl groups excluding tert-OH is 1. The molecule has 0 bridgehead atoms. The lowest BCUT2D eigenvalue weighted by atomic mass is 9.96. The van der Waals surface area contributed by atoms with Crippen LogP contribution >= 0.6 is 0 Å². The molecule has 0 aliphatic carbocycles. The van der Waals surface area contributed by atoms with E-state index in [1.807, 2.05) is 30.3 Å². The molecule has 7 nitrogen and oxygen atoms in total. The van der Waals surface area contributed by atoms with Gasteiger partial charge in [-0.3, -0.25) is 4.90 Å². The fourth-order valence-corrected chi connectivity index (χ4v) is 4.32. The van der Waals surface area contributed by atoms with E-state index in [0.717, 1.165) is 38.3 Å². The Morgan fingerprint density at radius 1 is 1.04 bits per heavy atom. The molecule has 146 valence electrons. The molecule has 0 spiro atoms. The summed E-state index contributed by atoms with van der Waals surface area (Å²) in [5.41, 5.74) is 0.919. The van der Waals surface area contributed by atoms with Crippen LogP contribution in [0.4, 0.5) is 5.95 Å². The molecule has 1 aromatic carbocycles. The highest BCUT2D eigenvalue weighted by molar-refractivity contribution is 5.54. The quantitative estimate of drug-likeness (QED) is 0.859. The van der Waals surface area contributed by atoms with E-state index in [9.17, 15) is 5.11 Å². The van der Waals surface area contributed by atoms with Crippen LogP contribution in [0.1, 0.15) is 13.8 Å². The number of hydrogen-bond acceptors (Lipinski definition) is 7. The first-order chi connectivity index (χ1) is 13.1. The second-order valence-electron chi connectivity index (χ2n) is 7.85. The third-order valence-corrected chi connectivity index (χ3v) is 5.52. The molecule has 2 aliphatic rings. The number of anilines is 1. The maximum atomic E-state index is 9.88. The zero-order valence-corrected chi connectivity index (χ0v) is 16.0. The van der Waals surface area contributed by atoms with Crippen LogP contribution < -0.4 is 4.90 Å². The monoisotopic (exact) mass is 372 g/mol. The zero-order valence-electron chi connectivity index (χ0n) is 16.0. The standard InChI is InChI=1S/C20H28N4O3/c1-14-8-23(9-15(2)26-14)10-17-11-24(12-18(17)13-25)20-21-19(27-22-20)16-6-4-3-5-7-16/h3-7,14-15,17-18,25H,8-13H2,1-2H3/t14-,15+,17-,18-/m1/s1. The number of aliphatic hydroxyl groups is 1. The maximum Gasteiger partial charge on any atom is 0.266 e. The smallest absolute Gasteiger partial charge is 0.266 e. The molecule has 0 unspecified atom stereocenters. The van der Waals surface area contributed by atoms with Gasteiger partial charge in [-0.15, -0.1) is 0 Å². The highest BCUT2D eigenvalue weighted by atomic mass is 16.5. The highest BCUT2D eigenvalue weighted by Crippen LogP contribution is 2.29. The average molecular weight is 372 g/mol. The van der Waals surface area contributed by atoms with Gasteiger partial charge in [-0.2, -0.15) is 4.98 Å². The van der Waals surface area contributed by atoms with Gasteiger partial charge in [0.25, 0.3) is 11.8 Å². The van der Waals surface area contributed by atoms with Crippen LogP contribution in [0.25, 0.3) is 11.5 Å². The summed E-state index contributed by atoms with van der Waals surface area (Å²) in [7, 11) is 0. The third-order valence-electron chi connectivity index (χ3n) is 5.52. The SMILES string of the molecule is C[C@@H]1CN(C[C@@H]2CN(c3noc(-c4ccccc4)n3)C[C@@H]2CO)C[C@H](C)O1. The van der Waals surface area contributed by atoms with E-state index in [0.29, 0.717) is 17.8 Å². The zero-order chi connectivity index (χ0) is 18.8. The Bertz CT molecular complexity index is 728. The summed E-state index contributed by atoms with van der Waals surface area (Å²) < 4.78 is 11.3. The Labute approximate surface area is 159 Å². The number of nitrogens with zero attached hydrogens (tertiary/aromatic N) is 4. The number of benzene rings is 1. The Morgan fingerprint density at radius 2 is 1.74 bits per heavy atom. The molecule has 0 radical (unpaired) electrons. The van der Waals surface area contributed by atoms with E-state index in [2.05, 4.69) is 33.8 Å². The minimum Gasteiger partial charge on any atom is -0.396 e. The van der Waals surface area contributed by atoms with Crippen molar-refractivity contribution in [2.24, 2.45) is 11.8 Å². The van der Waals surface area contributed by atoms with Gasteiger partial charge in [-0.05, 0) is 37.1 Å². The predicted octanol–water partition coefficient (Wildman–Crippen LogP) is 1.89. The largest absolute Gasteiger partial charge is 0.396 e. The molecule has 2 fully saturated rings. The third kappa shape index (κ3) is 4.15. The van der Waals surface area contributed by atoms with Crippen molar-refractivity contribution in [3.8, 4) is 11.5 Å². The fraction of sp³-hybridized carbons (Fsp3) is 0.600. The van der Waals surface area contributed by atoms with Crippen molar-refractivity contribution in [1.82, 2.24) is 15.0 Å². The average Bonchev–Trinajstić information content (AvgIpc) is 3.28. The molecule has 0 amide bonds. The van der Waals surface area contributed by atoms with Crippen molar-refractivity contribution >= 4 is 5.95 Å². The van der Waals surface area contributed by atoms with Gasteiger partial charge in [-0.25, -0.2) is 0 Å². The summed E-state index contributed by atoms with van der Waals surface area (Å²) in [5.74, 6) is 1.74. The van der Waals surface area contributed by atoms with Gasteiger partial charge in [0.05, 0.1) is 12.2 Å². The van der Waals surface area contributed by atoms with E-state index < -0.39 is 0 Å². The van der Waals surface area contributed by atoms with Crippen molar-refractivity contribution in [2.45, 2.75) is 26.1 Å². The van der Waals surface area contributed by atoms with Crippen molar-refractivity contribution < 1.29 is 14.4 Å². The molecule has 4 atom stereocenters. The van der Waals surface area contributed by atoms with Crippen LogP contribution in [-0.2, 0) is 4.74 Å². The van der Waals surface area contributed by atoms with Crippen LogP contribution in [0, 0.1) is 11.8 Å². The first-order valence-corrected chi connectivity index (χ1v) is 9.75. The molecule has 27 heavy (non-hydrogen) atoms. The topological polar surface area (TPSA) is 74.9 Å². The lowest BCUT2D eigenvalue weighted by Gasteiger charge is -2.37. The Balaban J connectivity index is 1.43. The maximum absolute atomic E-state index is 9.88. The highest BCUT2D eigenvalue weighted by Gasteiger charge is 2.36. The molecule has 4 rings (SSSR count). The second kappa shape index (κ2) is 7.96. The van der Waals surface area contributed by atoms with Gasteiger partial charge >= 0.3 is 0 Å². The summed E-state index contributed by atoms with van der Waals surface area (Å²) in [6.45, 7) is 8.86. The molecule has 3 heterocycles. The molecule has 0 saturated carbocycles. The number of morpholine rings is 1. The molecule has 1 N–H and O–H groups in total. The van der Waals surface area contributed by atoms with E-state index in [1.54, 1.807) is 0 Å². The van der Waals surface area contributed by atoms with E-state index in [-0.39, 0.29) is 24.7 Å². The van der Waals surface area contributed by atoms with Gasteiger partial charge < -0.3 is 19.3 Å². The van der Waals surface area contributed by atoms with Gasteiger partial charge in [0.2, 0.25) is 0 Å². The lowest BCUT2D eigenvalue weighted by Crippen LogP contribution is -2.48. The van der Waals surface area contributed by atoms with Gasteiger partial charge in [0.1, 0.15) is 0 Å². The minimum absolute atomic E-state index is 0.181. The number of hydrogen-bond donors (Lipinski definition) is 1. The second-order valence-corrected chi connectivity index (χ2v) is 7.85. The van der Waals surface area contributed by atoms with Gasteiger partial charge in [0, 0.05) is 50.8 Å². The molecule has 2 aliphatic heterocycles. The van der Waals surface area contributed by atoms with Crippen LogP contribution in [-0.4, -0.2) is 71.7 Å². The molecule has 7 heteroatoms. The summed E-state index contributed by atoms with van der Waals surface area (Å²) in [4.78, 5) is 9.16. The minimum atomic E-state index is 0.181. The molecular formula is C20H28N4O3. The van der Waals surface area contributed by atoms with Crippen molar-refractivity contribution in [3.63, 3.8) is 0 Å². The van der Waals surface area contributed by atoms with Gasteiger partial charge in [0.15, 0.2) is 0 Å². The van der Waals surface area contributed by atoms with Crippen molar-refractivity contribution in [3.05, 3.63) is 30.3 Å². The number of rotatable bonds is 5. The number of ether oxygens (including phenoxy) is 1. The van der Waals surface area contributed by atoms with Crippen molar-refractivity contribution in [2.75, 3.05) is 44.2 Å². The normalized spacial score (nSPS) is 29.4. The van der Waals surface area contributed by atoms with Crippen LogP contribution in [0.2, 0.25) is 0 Å². The number of aromatic nitrogens is 2. The first kappa shape index (κ1) is 18.4. The molecule has 2 aromatic rings. The summed E-state index contributed by atoms with van der Waals surface area (Å²) in [6, 6.07) is 9.79. The lowest BCUT2D eigenvalue weighted by molar-refractivity contribution is -0.0725. The van der Waals surface area contributed by atoms with E-state index in [1.165, 1.54) is 0 Å². The van der Waals surface area contributed by atoms with Crippen LogP contribution in [0.3, 0.4) is 0 Å². The Kier molecular flexibility index (Phi) is 5.43. The van der Waals surface area contributed by atoms with E-state index >= 15 is 0 Å². The van der Waals surface area contributed by atoms with Crippen molar-refractivity contribution in [1.29, 1.82) is 0 Å². The van der Waals surface area contributed by atoms with Crippen LogP contribution in [0.15, 0.2) is 34.9 Å². The summed E-state index contributed by atoms with van der Waals surface area (Å²) >= 11 is 0. The Hall–Kier alpha value is -1.96. The predicted molar refractivity (Wildman–Crippen MR) is 102 cm³/mol. The van der Waals surface area contributed by atoms with Crippen LogP contribution in [0.5, 0.6) is 0 Å². The summed E-state index contributed by atoms with van der Waals surface area (Å²) in [6.07, 6.45) is 0.508. The molecule has 1 aromatic heterocycles. The molecule has 2 saturated heterocycles. The molecular weight excluding hydrogens is 344 g/mol. The van der Waals surface area contributed by atoms with Gasteiger partial charge in [-0.1, -0.05) is 18.2 Å². The summed E-state index contributed by atoms with van der Waals surface area (Å²) in [5, 5.41) is 14.1. The first-order valence-electron chi connectivity index (χ1n) is 9.75. The fourth-order valence-electron chi connectivity index (χ4n) is 4.32. The van der Waals surface area contributed by atoms with E-state index in [4.69, 9.17) is 9.26 Å². The Morgan fingerprint density at radius 3 is 2.44 bits per heavy atom.